The summed E-state index contributed by atoms with van der Waals surface area (Å²) in [7, 11) is 0. The van der Waals surface area contributed by atoms with Gasteiger partial charge < -0.3 is 12.4 Å². The van der Waals surface area contributed by atoms with E-state index in [1.165, 1.54) is 6.42 Å². The summed E-state index contributed by atoms with van der Waals surface area (Å²) in [4.78, 5) is 0. The maximum atomic E-state index is 3.60. The van der Waals surface area contributed by atoms with E-state index in [-0.39, 0.29) is 28.5 Å². The summed E-state index contributed by atoms with van der Waals surface area (Å²) < 4.78 is 0. The third kappa shape index (κ3) is 22.0. The molecule has 1 nitrogen and oxygen atoms in total. The summed E-state index contributed by atoms with van der Waals surface area (Å²) in [6, 6.07) is 0. The van der Waals surface area contributed by atoms with Gasteiger partial charge in [0.05, 0.1) is 0 Å². The van der Waals surface area contributed by atoms with Gasteiger partial charge in [-0.2, -0.15) is 6.42 Å². The Bertz CT molecular complexity index is 9.51. The molecule has 0 saturated heterocycles. The summed E-state index contributed by atoms with van der Waals surface area (Å²) in [5, 5.41) is 0. The van der Waals surface area contributed by atoms with Crippen molar-refractivity contribution in [2.24, 2.45) is 0 Å². The smallest absolute Gasteiger partial charge is 0.870 e. The summed E-state index contributed by atoms with van der Waals surface area (Å²) in [5.41, 5.74) is 0. The topological polar surface area (TPSA) is 30.0 Å². The van der Waals surface area contributed by atoms with Crippen LogP contribution in [-0.2, 0) is 0 Å². The Morgan fingerprint density at radius 1 is 1.50 bits per heavy atom. The third-order valence-electron chi connectivity index (χ3n) is 0.354. The van der Waals surface area contributed by atoms with Crippen molar-refractivity contribution in [3.63, 3.8) is 0 Å². The summed E-state index contributed by atoms with van der Waals surface area (Å²) >= 11 is 0. The first kappa shape index (κ1) is 15.9. The second kappa shape index (κ2) is 17.2. The predicted octanol–water partition coefficient (Wildman–Crippen LogP) is 1.06. The zero-order valence-corrected chi connectivity index (χ0v) is 5.69. The van der Waals surface area contributed by atoms with Gasteiger partial charge in [-0.05, 0) is 0 Å². The molecule has 0 aliphatic carbocycles. The zero-order chi connectivity index (χ0) is 3.41. The van der Waals surface area contributed by atoms with Crippen molar-refractivity contribution in [2.45, 2.75) is 19.8 Å². The van der Waals surface area contributed by atoms with Crippen LogP contribution in [0.5, 0.6) is 0 Å². The van der Waals surface area contributed by atoms with E-state index in [9.17, 15) is 0 Å². The average molecular weight is 98.4 g/mol. The fourth-order valence-corrected chi connectivity index (χ4v) is 0. The van der Waals surface area contributed by atoms with Crippen LogP contribution in [0.1, 0.15) is 19.8 Å². The van der Waals surface area contributed by atoms with E-state index in [1.54, 1.807) is 0 Å². The van der Waals surface area contributed by atoms with Gasteiger partial charge in [0.25, 0.3) is 0 Å². The van der Waals surface area contributed by atoms with Gasteiger partial charge in [0.2, 0.25) is 0 Å². The predicted molar refractivity (Wildman–Crippen MR) is 28.0 cm³/mol. The molecule has 0 aromatic carbocycles. The molecule has 0 radical (unpaired) electrons. The molecule has 0 unspecified atom stereocenters. The van der Waals surface area contributed by atoms with E-state index in [4.69, 9.17) is 0 Å². The molecule has 0 spiro atoms. The Labute approximate surface area is 55.6 Å². The van der Waals surface area contributed by atoms with Gasteiger partial charge in [0.15, 0.2) is 0 Å². The van der Waals surface area contributed by atoms with Crippen LogP contribution in [0, 0.1) is 6.92 Å². The van der Waals surface area contributed by atoms with Crippen molar-refractivity contribution >= 4 is 23.1 Å². The van der Waals surface area contributed by atoms with Crippen LogP contribution in [0.4, 0.5) is 0 Å². The van der Waals surface area contributed by atoms with Crippen LogP contribution in [-0.4, -0.2) is 28.5 Å². The molecular weight excluding hydrogens is 88.3 g/mol. The average Bonchev–Trinajstić information content (AvgIpc) is 1.37. The first-order valence-corrected chi connectivity index (χ1v) is 1.71. The minimum Gasteiger partial charge on any atom is -0.870 e. The molecular formula is C4H10MgO. The standard InChI is InChI=1S/C4H9.Mg.H2O/c1-3-4-2;;/h1,3-4H2,2H3;;1H2/q-1;+2;/p-1. The van der Waals surface area contributed by atoms with E-state index >= 15 is 0 Å². The Morgan fingerprint density at radius 2 is 1.67 bits per heavy atom. The molecule has 0 aliphatic rings. The minimum absolute atomic E-state index is 0. The molecule has 0 aromatic rings. The quantitative estimate of drug-likeness (QED) is 0.356. The number of hydrogen-bond donors (Lipinski definition) is 0. The normalized spacial score (nSPS) is 5.00. The number of hydrogen-bond acceptors (Lipinski definition) is 1. The van der Waals surface area contributed by atoms with Gasteiger partial charge in [-0.25, -0.2) is 0 Å². The molecule has 34 valence electrons. The van der Waals surface area contributed by atoms with Gasteiger partial charge >= 0.3 is 23.1 Å². The first-order chi connectivity index (χ1) is 1.91. The molecule has 0 saturated carbocycles. The maximum Gasteiger partial charge on any atom is 2.00 e. The Kier molecular flexibility index (Phi) is 45.6. The van der Waals surface area contributed by atoms with Crippen LogP contribution >= 0.6 is 0 Å². The van der Waals surface area contributed by atoms with E-state index in [0.717, 1.165) is 6.42 Å². The molecule has 0 rings (SSSR count). The Hall–Kier alpha value is 0.726. The number of rotatable bonds is 1. The molecule has 0 aromatic heterocycles. The van der Waals surface area contributed by atoms with Crippen LogP contribution in [0.3, 0.4) is 0 Å². The molecule has 0 bridgehead atoms. The Balaban J connectivity index is -0.0000000450. The van der Waals surface area contributed by atoms with Crippen molar-refractivity contribution in [1.82, 2.24) is 0 Å². The van der Waals surface area contributed by atoms with Crippen LogP contribution < -0.4 is 0 Å². The SMILES string of the molecule is [CH2-]CCC.[Mg+2].[OH-]. The second-order valence-electron chi connectivity index (χ2n) is 0.854. The van der Waals surface area contributed by atoms with Crippen molar-refractivity contribution in [3.8, 4) is 0 Å². The second-order valence-corrected chi connectivity index (χ2v) is 0.854. The molecule has 1 N–H and O–H groups in total. The van der Waals surface area contributed by atoms with Crippen LogP contribution in [0.2, 0.25) is 0 Å². The fourth-order valence-electron chi connectivity index (χ4n) is 0. The van der Waals surface area contributed by atoms with Crippen molar-refractivity contribution in [1.29, 1.82) is 0 Å². The number of unbranched alkanes of at least 4 members (excludes halogenated alkanes) is 1. The van der Waals surface area contributed by atoms with Crippen molar-refractivity contribution < 1.29 is 5.48 Å². The third-order valence-corrected chi connectivity index (χ3v) is 0.354. The van der Waals surface area contributed by atoms with Gasteiger partial charge in [0, 0.05) is 0 Å². The first-order valence-electron chi connectivity index (χ1n) is 1.71. The van der Waals surface area contributed by atoms with Crippen molar-refractivity contribution in [2.75, 3.05) is 0 Å². The molecule has 0 amide bonds. The Morgan fingerprint density at radius 3 is 1.67 bits per heavy atom. The monoisotopic (exact) mass is 98.1 g/mol. The van der Waals surface area contributed by atoms with Crippen LogP contribution in [0.15, 0.2) is 0 Å². The summed E-state index contributed by atoms with van der Waals surface area (Å²) in [6.45, 7) is 5.72. The van der Waals surface area contributed by atoms with Gasteiger partial charge in [0.1, 0.15) is 0 Å². The zero-order valence-electron chi connectivity index (χ0n) is 4.28. The van der Waals surface area contributed by atoms with Gasteiger partial charge in [-0.1, -0.05) is 13.3 Å². The largest absolute Gasteiger partial charge is 2.00 e. The fraction of sp³-hybridized carbons (Fsp3) is 0.750. The van der Waals surface area contributed by atoms with E-state index in [1.807, 2.05) is 0 Å². The molecule has 0 heterocycles. The van der Waals surface area contributed by atoms with E-state index in [2.05, 4.69) is 13.8 Å². The van der Waals surface area contributed by atoms with Gasteiger partial charge in [-0.15, -0.1) is 0 Å². The summed E-state index contributed by atoms with van der Waals surface area (Å²) in [6.07, 6.45) is 2.28. The van der Waals surface area contributed by atoms with Crippen LogP contribution in [0.25, 0.3) is 0 Å². The van der Waals surface area contributed by atoms with E-state index in [0.29, 0.717) is 0 Å². The maximum absolute atomic E-state index is 3.60. The summed E-state index contributed by atoms with van der Waals surface area (Å²) in [5.74, 6) is 0. The van der Waals surface area contributed by atoms with Crippen molar-refractivity contribution in [3.05, 3.63) is 6.92 Å². The molecule has 0 atom stereocenters. The van der Waals surface area contributed by atoms with E-state index < -0.39 is 0 Å². The minimum atomic E-state index is 0. The molecule has 0 fully saturated rings. The van der Waals surface area contributed by atoms with Gasteiger partial charge in [-0.3, -0.25) is 0 Å². The molecule has 6 heavy (non-hydrogen) atoms. The molecule has 0 aliphatic heterocycles. The molecule has 2 heteroatoms.